The summed E-state index contributed by atoms with van der Waals surface area (Å²) in [7, 11) is 0. The Morgan fingerprint density at radius 2 is 1.97 bits per heavy atom. The highest BCUT2D eigenvalue weighted by atomic mass is 16.6. The number of urea groups is 1. The maximum atomic E-state index is 12.4. The molecule has 2 saturated heterocycles. The molecule has 2 aliphatic heterocycles. The first-order chi connectivity index (χ1) is 14.2. The Bertz CT molecular complexity index is 1010. The summed E-state index contributed by atoms with van der Waals surface area (Å²) in [6.45, 7) is 7.13. The van der Waals surface area contributed by atoms with Crippen molar-refractivity contribution in [2.45, 2.75) is 45.1 Å². The summed E-state index contributed by atoms with van der Waals surface area (Å²) in [6, 6.07) is 5.55. The van der Waals surface area contributed by atoms with E-state index < -0.39 is 11.6 Å². The summed E-state index contributed by atoms with van der Waals surface area (Å²) in [6.07, 6.45) is 4.26. The van der Waals surface area contributed by atoms with Crippen LogP contribution in [0.15, 0.2) is 30.6 Å². The van der Waals surface area contributed by atoms with Crippen LogP contribution < -0.4 is 10.2 Å². The highest BCUT2D eigenvalue weighted by Crippen LogP contribution is 2.36. The molecule has 0 bridgehead atoms. The third-order valence-electron chi connectivity index (χ3n) is 5.44. The van der Waals surface area contributed by atoms with Gasteiger partial charge in [-0.3, -0.25) is 20.0 Å². The number of rotatable bonds is 2. The van der Waals surface area contributed by atoms with Gasteiger partial charge in [0.2, 0.25) is 5.91 Å². The molecule has 4 amide bonds. The normalized spacial score (nSPS) is 19.9. The average Bonchev–Trinajstić information content (AvgIpc) is 3.16. The highest BCUT2D eigenvalue weighted by Gasteiger charge is 2.32. The fraction of sp³-hybridized carbons (Fsp3) is 0.455. The summed E-state index contributed by atoms with van der Waals surface area (Å²) in [5.74, 6) is -0.103. The van der Waals surface area contributed by atoms with Gasteiger partial charge in [-0.25, -0.2) is 9.59 Å². The third kappa shape index (κ3) is 3.94. The fourth-order valence-corrected chi connectivity index (χ4v) is 4.07. The number of carbonyl (C=O) groups excluding carboxylic acids is 3. The zero-order valence-electron chi connectivity index (χ0n) is 17.5. The molecule has 0 spiro atoms. The first kappa shape index (κ1) is 20.1. The number of aromatic nitrogens is 1. The largest absolute Gasteiger partial charge is 0.444 e. The number of amides is 4. The molecule has 8 nitrogen and oxygen atoms in total. The molecule has 8 heteroatoms. The van der Waals surface area contributed by atoms with Crippen molar-refractivity contribution in [1.29, 1.82) is 0 Å². The van der Waals surface area contributed by atoms with E-state index in [0.717, 1.165) is 22.8 Å². The molecule has 2 aliphatic rings. The molecule has 0 unspecified atom stereocenters. The third-order valence-corrected chi connectivity index (χ3v) is 5.44. The summed E-state index contributed by atoms with van der Waals surface area (Å²) in [5, 5.41) is 4.22. The number of nitrogens with zero attached hydrogens (tertiary/aromatic N) is 3. The van der Waals surface area contributed by atoms with E-state index in [1.807, 2.05) is 32.9 Å². The van der Waals surface area contributed by atoms with E-state index in [9.17, 15) is 14.4 Å². The lowest BCUT2D eigenvalue weighted by Crippen LogP contribution is -2.49. The van der Waals surface area contributed by atoms with E-state index in [2.05, 4.69) is 16.4 Å². The molecule has 3 heterocycles. The highest BCUT2D eigenvalue weighted by molar-refractivity contribution is 6.10. The topological polar surface area (TPSA) is 91.8 Å². The van der Waals surface area contributed by atoms with E-state index in [4.69, 9.17) is 4.74 Å². The maximum Gasteiger partial charge on any atom is 0.410 e. The van der Waals surface area contributed by atoms with Crippen LogP contribution in [0.5, 0.6) is 0 Å². The molecule has 0 radical (unpaired) electrons. The molecule has 1 aromatic carbocycles. The van der Waals surface area contributed by atoms with Crippen LogP contribution in [-0.2, 0) is 9.53 Å². The van der Waals surface area contributed by atoms with Crippen molar-refractivity contribution < 1.29 is 19.1 Å². The van der Waals surface area contributed by atoms with E-state index in [1.54, 1.807) is 22.2 Å². The smallest absolute Gasteiger partial charge is 0.410 e. The van der Waals surface area contributed by atoms with Crippen LogP contribution in [0.3, 0.4) is 0 Å². The van der Waals surface area contributed by atoms with E-state index in [-0.39, 0.29) is 24.3 Å². The molecular weight excluding hydrogens is 384 g/mol. The molecule has 1 aromatic heterocycles. The number of pyridine rings is 1. The number of hydrogen-bond acceptors (Lipinski definition) is 5. The first-order valence-corrected chi connectivity index (χ1v) is 10.2. The van der Waals surface area contributed by atoms with Crippen LogP contribution in [-0.4, -0.2) is 53.2 Å². The lowest BCUT2D eigenvalue weighted by Gasteiger charge is -2.27. The van der Waals surface area contributed by atoms with Gasteiger partial charge in [0.25, 0.3) is 0 Å². The van der Waals surface area contributed by atoms with Crippen LogP contribution in [0, 0.1) is 0 Å². The Labute approximate surface area is 175 Å². The predicted molar refractivity (Wildman–Crippen MR) is 112 cm³/mol. The molecule has 2 aromatic rings. The number of imide groups is 1. The number of carbonyl (C=O) groups is 3. The molecule has 0 saturated carbocycles. The van der Waals surface area contributed by atoms with Crippen LogP contribution in [0.1, 0.15) is 45.1 Å². The predicted octanol–water partition coefficient (Wildman–Crippen LogP) is 3.41. The van der Waals surface area contributed by atoms with Gasteiger partial charge < -0.3 is 9.64 Å². The standard InChI is InChI=1S/C22H26N4O4/c1-22(2,3)30-21(29)25-9-7-14(13-25)15-5-4-6-16-17(15)11-23-12-18(16)26-10-8-19(27)24-20(26)28/h4-6,11-12,14H,7-10,13H2,1-3H3,(H,24,27,28)/t14-/m1/s1. The first-order valence-electron chi connectivity index (χ1n) is 10.2. The summed E-state index contributed by atoms with van der Waals surface area (Å²) < 4.78 is 5.51. The lowest BCUT2D eigenvalue weighted by atomic mass is 9.93. The van der Waals surface area contributed by atoms with Crippen molar-refractivity contribution in [3.8, 4) is 0 Å². The van der Waals surface area contributed by atoms with Crippen LogP contribution in [0.4, 0.5) is 15.3 Å². The minimum Gasteiger partial charge on any atom is -0.444 e. The van der Waals surface area contributed by atoms with Crippen LogP contribution in [0.25, 0.3) is 10.8 Å². The maximum absolute atomic E-state index is 12.4. The van der Waals surface area contributed by atoms with Crippen molar-refractivity contribution in [3.05, 3.63) is 36.2 Å². The molecular formula is C22H26N4O4. The summed E-state index contributed by atoms with van der Waals surface area (Å²) >= 11 is 0. The zero-order chi connectivity index (χ0) is 21.5. The summed E-state index contributed by atoms with van der Waals surface area (Å²) in [5.41, 5.74) is 1.26. The molecule has 4 rings (SSSR count). The van der Waals surface area contributed by atoms with Gasteiger partial charge >= 0.3 is 12.1 Å². The SMILES string of the molecule is CC(C)(C)OC(=O)N1CC[C@@H](c2cccc3c(N4CCC(=O)NC4=O)cncc23)C1. The quantitative estimate of drug-likeness (QED) is 0.819. The van der Waals surface area contributed by atoms with Gasteiger partial charge in [-0.15, -0.1) is 0 Å². The van der Waals surface area contributed by atoms with Crippen molar-refractivity contribution in [3.63, 3.8) is 0 Å². The molecule has 2 fully saturated rings. The van der Waals surface area contributed by atoms with Gasteiger partial charge in [-0.1, -0.05) is 18.2 Å². The van der Waals surface area contributed by atoms with Crippen molar-refractivity contribution in [1.82, 2.24) is 15.2 Å². The average molecular weight is 410 g/mol. The van der Waals surface area contributed by atoms with Gasteiger partial charge in [0.05, 0.1) is 11.9 Å². The molecule has 158 valence electrons. The Kier molecular flexibility index (Phi) is 5.09. The molecule has 1 N–H and O–H groups in total. The second-order valence-electron chi connectivity index (χ2n) is 8.77. The second-order valence-corrected chi connectivity index (χ2v) is 8.77. The molecule has 30 heavy (non-hydrogen) atoms. The second kappa shape index (κ2) is 7.59. The Balaban J connectivity index is 1.62. The van der Waals surface area contributed by atoms with E-state index in [0.29, 0.717) is 25.3 Å². The number of fused-ring (bicyclic) bond motifs is 1. The Hall–Kier alpha value is -3.16. The minimum absolute atomic E-state index is 0.162. The van der Waals surface area contributed by atoms with Crippen molar-refractivity contribution in [2.75, 3.05) is 24.5 Å². The fourth-order valence-electron chi connectivity index (χ4n) is 4.07. The van der Waals surface area contributed by atoms with Gasteiger partial charge in [0.15, 0.2) is 0 Å². The summed E-state index contributed by atoms with van der Waals surface area (Å²) in [4.78, 5) is 43.9. The van der Waals surface area contributed by atoms with E-state index >= 15 is 0 Å². The molecule has 0 aliphatic carbocycles. The zero-order valence-corrected chi connectivity index (χ0v) is 17.5. The number of hydrogen-bond donors (Lipinski definition) is 1. The number of anilines is 1. The van der Waals surface area contributed by atoms with Crippen LogP contribution in [0.2, 0.25) is 0 Å². The van der Waals surface area contributed by atoms with Crippen LogP contribution >= 0.6 is 0 Å². The monoisotopic (exact) mass is 410 g/mol. The van der Waals surface area contributed by atoms with Crippen molar-refractivity contribution in [2.24, 2.45) is 0 Å². The van der Waals surface area contributed by atoms with E-state index in [1.165, 1.54) is 0 Å². The number of likely N-dealkylation sites (tertiary alicyclic amines) is 1. The number of ether oxygens (including phenoxy) is 1. The lowest BCUT2D eigenvalue weighted by molar-refractivity contribution is -0.120. The Morgan fingerprint density at radius 1 is 1.17 bits per heavy atom. The van der Waals surface area contributed by atoms with Gasteiger partial charge in [-0.2, -0.15) is 0 Å². The van der Waals surface area contributed by atoms with Crippen molar-refractivity contribution >= 4 is 34.5 Å². The number of nitrogens with one attached hydrogen (secondary N) is 1. The Morgan fingerprint density at radius 3 is 2.70 bits per heavy atom. The molecule has 1 atom stereocenters. The number of benzene rings is 1. The van der Waals surface area contributed by atoms with Gasteiger partial charge in [-0.05, 0) is 32.8 Å². The minimum atomic E-state index is -0.524. The van der Waals surface area contributed by atoms with Gasteiger partial charge in [0.1, 0.15) is 5.60 Å². The van der Waals surface area contributed by atoms with Gasteiger partial charge in [0, 0.05) is 48.9 Å².